The zero-order chi connectivity index (χ0) is 30.0. The molecule has 12 heteroatoms. The molecule has 1 aromatic heterocycles. The van der Waals surface area contributed by atoms with Crippen molar-refractivity contribution in [1.82, 2.24) is 19.4 Å². The summed E-state index contributed by atoms with van der Waals surface area (Å²) in [5.41, 5.74) is 0.889. The number of nitrogens with zero attached hydrogens (tertiary/aromatic N) is 4. The van der Waals surface area contributed by atoms with Crippen molar-refractivity contribution in [3.05, 3.63) is 69.9 Å². The number of ether oxygens (including phenoxy) is 2. The number of hydrogen-bond donors (Lipinski definition) is 0. The lowest BCUT2D eigenvalue weighted by Gasteiger charge is -2.33. The third kappa shape index (κ3) is 7.44. The lowest BCUT2D eigenvalue weighted by molar-refractivity contribution is -0.274. The first-order chi connectivity index (χ1) is 18.5. The monoisotopic (exact) mass is 564 g/mol. The molecule has 0 fully saturated rings. The van der Waals surface area contributed by atoms with Gasteiger partial charge in [-0.25, -0.2) is 18.8 Å². The first kappa shape index (κ1) is 30.7. The van der Waals surface area contributed by atoms with E-state index in [2.05, 4.69) is 9.84 Å². The Labute approximate surface area is 231 Å². The highest BCUT2D eigenvalue weighted by molar-refractivity contribution is 5.79. The molecule has 0 spiro atoms. The van der Waals surface area contributed by atoms with Gasteiger partial charge in [-0.1, -0.05) is 12.1 Å². The average molecular weight is 565 g/mol. The van der Waals surface area contributed by atoms with E-state index in [1.165, 1.54) is 27.7 Å². The van der Waals surface area contributed by atoms with E-state index in [-0.39, 0.29) is 18.6 Å². The van der Waals surface area contributed by atoms with Gasteiger partial charge in [0.05, 0.1) is 12.2 Å². The number of hydrogen-bond acceptors (Lipinski definition) is 7. The second kappa shape index (κ2) is 11.7. The van der Waals surface area contributed by atoms with Gasteiger partial charge in [0, 0.05) is 12.1 Å². The molecule has 0 radical (unpaired) electrons. The van der Waals surface area contributed by atoms with Crippen molar-refractivity contribution in [3.8, 4) is 17.2 Å². The second-order valence-electron chi connectivity index (χ2n) is 10.6. The van der Waals surface area contributed by atoms with E-state index in [4.69, 9.17) is 9.57 Å². The summed E-state index contributed by atoms with van der Waals surface area (Å²) in [6.45, 7) is 14.9. The van der Waals surface area contributed by atoms with Crippen LogP contribution in [0.3, 0.4) is 0 Å². The maximum Gasteiger partial charge on any atom is 0.573 e. The Hall–Kier alpha value is -3.80. The highest BCUT2D eigenvalue weighted by Crippen LogP contribution is 2.30. The average Bonchev–Trinajstić information content (AvgIpc) is 3.18. The minimum atomic E-state index is -4.80. The van der Waals surface area contributed by atoms with Crippen molar-refractivity contribution in [2.24, 2.45) is 0 Å². The summed E-state index contributed by atoms with van der Waals surface area (Å²) in [7, 11) is 0. The number of aryl methyl sites for hydroxylation is 2. The van der Waals surface area contributed by atoms with Crippen LogP contribution in [0.4, 0.5) is 13.2 Å². The van der Waals surface area contributed by atoms with E-state index in [1.54, 1.807) is 18.9 Å². The number of hydroxylamine groups is 2. The largest absolute Gasteiger partial charge is 0.573 e. The van der Waals surface area contributed by atoms with Crippen molar-refractivity contribution >= 4 is 5.97 Å². The summed E-state index contributed by atoms with van der Waals surface area (Å²) in [6.07, 6.45) is -3.51. The maximum atomic E-state index is 13.0. The predicted molar refractivity (Wildman–Crippen MR) is 142 cm³/mol. The van der Waals surface area contributed by atoms with E-state index in [9.17, 15) is 22.8 Å². The first-order valence-corrected chi connectivity index (χ1v) is 12.8. The molecule has 3 rings (SSSR count). The van der Waals surface area contributed by atoms with Crippen molar-refractivity contribution < 1.29 is 32.3 Å². The van der Waals surface area contributed by atoms with Gasteiger partial charge in [-0.2, -0.15) is 5.10 Å². The SMILES string of the molecule is Cc1cc(Cn2ncn(-c3ccc(OC(F)(F)F)cc3)c2=O)cc(C)c1OC(C)(C)C(=O)ON(C(C)C)C(C)C. The Bertz CT molecular complexity index is 1360. The van der Waals surface area contributed by atoms with Crippen LogP contribution in [0.5, 0.6) is 11.5 Å². The summed E-state index contributed by atoms with van der Waals surface area (Å²) in [4.78, 5) is 31.5. The number of rotatable bonds is 10. The molecule has 3 aromatic rings. The Balaban J connectivity index is 1.76. The number of aromatic nitrogens is 3. The van der Waals surface area contributed by atoms with Crippen molar-refractivity contribution in [2.45, 2.75) is 86.0 Å². The molecule has 40 heavy (non-hydrogen) atoms. The van der Waals surface area contributed by atoms with E-state index in [0.29, 0.717) is 11.4 Å². The van der Waals surface area contributed by atoms with Crippen molar-refractivity contribution in [2.75, 3.05) is 0 Å². The number of alkyl halides is 3. The summed E-state index contributed by atoms with van der Waals surface area (Å²) >= 11 is 0. The molecule has 0 saturated carbocycles. The molecular formula is C28H35F3N4O5. The van der Waals surface area contributed by atoms with E-state index in [0.717, 1.165) is 28.8 Å². The van der Waals surface area contributed by atoms with Crippen molar-refractivity contribution in [3.63, 3.8) is 0 Å². The van der Waals surface area contributed by atoms with E-state index >= 15 is 0 Å². The van der Waals surface area contributed by atoms with Crippen LogP contribution in [0.25, 0.3) is 5.69 Å². The van der Waals surface area contributed by atoms with Crippen LogP contribution in [0.2, 0.25) is 0 Å². The Morgan fingerprint density at radius 2 is 1.52 bits per heavy atom. The van der Waals surface area contributed by atoms with Crippen LogP contribution >= 0.6 is 0 Å². The fraction of sp³-hybridized carbons (Fsp3) is 0.464. The Morgan fingerprint density at radius 3 is 2.02 bits per heavy atom. The lowest BCUT2D eigenvalue weighted by Crippen LogP contribution is -2.47. The van der Waals surface area contributed by atoms with Gasteiger partial charge >= 0.3 is 18.0 Å². The van der Waals surface area contributed by atoms with Gasteiger partial charge in [-0.15, -0.1) is 18.2 Å². The first-order valence-electron chi connectivity index (χ1n) is 12.8. The zero-order valence-electron chi connectivity index (χ0n) is 23.9. The summed E-state index contributed by atoms with van der Waals surface area (Å²) in [5.74, 6) is -0.378. The Morgan fingerprint density at radius 1 is 0.975 bits per heavy atom. The summed E-state index contributed by atoms with van der Waals surface area (Å²) in [5, 5.41) is 5.77. The van der Waals surface area contributed by atoms with Crippen LogP contribution in [0.1, 0.15) is 58.2 Å². The quantitative estimate of drug-likeness (QED) is 0.308. The normalized spacial score (nSPS) is 12.3. The van der Waals surface area contributed by atoms with Gasteiger partial charge in [0.15, 0.2) is 0 Å². The molecule has 0 N–H and O–H groups in total. The van der Waals surface area contributed by atoms with Crippen molar-refractivity contribution in [1.29, 1.82) is 0 Å². The number of carbonyl (C=O) groups is 1. The zero-order valence-corrected chi connectivity index (χ0v) is 23.9. The van der Waals surface area contributed by atoms with Gasteiger partial charge in [0.2, 0.25) is 5.60 Å². The summed E-state index contributed by atoms with van der Waals surface area (Å²) in [6, 6.07) is 8.60. The second-order valence-corrected chi connectivity index (χ2v) is 10.6. The molecule has 1 heterocycles. The topological polar surface area (TPSA) is 87.8 Å². The lowest BCUT2D eigenvalue weighted by atomic mass is 10.0. The highest BCUT2D eigenvalue weighted by Gasteiger charge is 2.36. The third-order valence-electron chi connectivity index (χ3n) is 5.99. The molecule has 0 atom stereocenters. The Kier molecular flexibility index (Phi) is 9.03. The molecule has 218 valence electrons. The highest BCUT2D eigenvalue weighted by atomic mass is 19.4. The molecule has 2 aromatic carbocycles. The molecule has 9 nitrogen and oxygen atoms in total. The molecule has 0 amide bonds. The molecule has 0 saturated heterocycles. The van der Waals surface area contributed by atoms with E-state index in [1.807, 2.05) is 53.7 Å². The number of halogens is 3. The molecule has 0 unspecified atom stereocenters. The smallest absolute Gasteiger partial charge is 0.476 e. The van der Waals surface area contributed by atoms with Gasteiger partial charge < -0.3 is 14.3 Å². The van der Waals surface area contributed by atoms with Gasteiger partial charge in [0.25, 0.3) is 0 Å². The van der Waals surface area contributed by atoms with E-state index < -0.39 is 29.4 Å². The van der Waals surface area contributed by atoms with Crippen LogP contribution in [0, 0.1) is 13.8 Å². The van der Waals surface area contributed by atoms with Crippen LogP contribution < -0.4 is 15.2 Å². The number of carbonyl (C=O) groups excluding carboxylic acids is 1. The van der Waals surface area contributed by atoms with Gasteiger partial charge in [-0.3, -0.25) is 0 Å². The fourth-order valence-corrected chi connectivity index (χ4v) is 4.21. The molecule has 0 aliphatic rings. The van der Waals surface area contributed by atoms with Gasteiger partial charge in [0.1, 0.15) is 17.8 Å². The third-order valence-corrected chi connectivity index (χ3v) is 5.99. The molecule has 0 aliphatic carbocycles. The molecule has 0 bridgehead atoms. The van der Waals surface area contributed by atoms with Gasteiger partial charge in [-0.05, 0) is 96.3 Å². The number of benzene rings is 2. The maximum absolute atomic E-state index is 13.0. The minimum absolute atomic E-state index is 0.00264. The summed E-state index contributed by atoms with van der Waals surface area (Å²) < 4.78 is 49.7. The minimum Gasteiger partial charge on any atom is -0.476 e. The molecule has 0 aliphatic heterocycles. The fourth-order valence-electron chi connectivity index (χ4n) is 4.21. The van der Waals surface area contributed by atoms with Crippen LogP contribution in [-0.4, -0.2) is 49.4 Å². The standard InChI is InChI=1S/C28H35F3N4O5/c1-17(2)35(18(3)4)40-25(36)27(7,8)39-24-19(5)13-21(14-20(24)6)15-34-26(37)33(16-32-34)22-9-11-23(12-10-22)38-28(29,30)31/h9-14,16-18H,15H2,1-8H3. The predicted octanol–water partition coefficient (Wildman–Crippen LogP) is 5.33. The van der Waals surface area contributed by atoms with Crippen LogP contribution in [-0.2, 0) is 16.2 Å². The molecular weight excluding hydrogens is 529 g/mol. The van der Waals surface area contributed by atoms with Crippen LogP contribution in [0.15, 0.2) is 47.5 Å².